The van der Waals surface area contributed by atoms with Gasteiger partial charge in [0, 0.05) is 17.8 Å². The van der Waals surface area contributed by atoms with Crippen LogP contribution in [0.1, 0.15) is 59.7 Å². The van der Waals surface area contributed by atoms with Gasteiger partial charge in [-0.2, -0.15) is 5.10 Å². The summed E-state index contributed by atoms with van der Waals surface area (Å²) in [5.41, 5.74) is 0.414. The van der Waals surface area contributed by atoms with Crippen molar-refractivity contribution in [1.82, 2.24) is 14.8 Å². The molecule has 120 valence electrons. The first-order valence-electron chi connectivity index (χ1n) is 8.28. The van der Waals surface area contributed by atoms with Crippen LogP contribution >= 0.6 is 15.9 Å². The van der Waals surface area contributed by atoms with E-state index in [1.54, 1.807) is 6.33 Å². The molecule has 1 aromatic heterocycles. The molecule has 4 heteroatoms. The molecule has 3 unspecified atom stereocenters. The van der Waals surface area contributed by atoms with E-state index in [0.717, 1.165) is 24.7 Å². The summed E-state index contributed by atoms with van der Waals surface area (Å²) in [6.07, 6.45) is 6.69. The summed E-state index contributed by atoms with van der Waals surface area (Å²) in [6.45, 7) is 12.6. The molecule has 0 saturated heterocycles. The Morgan fingerprint density at radius 1 is 1.33 bits per heavy atom. The van der Waals surface area contributed by atoms with Gasteiger partial charge in [-0.1, -0.05) is 50.5 Å². The van der Waals surface area contributed by atoms with Crippen LogP contribution in [0.4, 0.5) is 0 Å². The smallest absolute Gasteiger partial charge is 0.138 e. The summed E-state index contributed by atoms with van der Waals surface area (Å²) in [4.78, 5) is 5.14. The molecule has 1 aliphatic rings. The van der Waals surface area contributed by atoms with E-state index < -0.39 is 0 Å². The standard InChI is InChI=1S/C17H30BrN3/c1-12(2)10-21-16(19-11-20-21)9-13-8-14(17(3,4)5)6-7-15(13)18/h11-15H,6-10H2,1-5H3. The van der Waals surface area contributed by atoms with Gasteiger partial charge >= 0.3 is 0 Å². The first-order valence-corrected chi connectivity index (χ1v) is 9.19. The number of aromatic nitrogens is 3. The maximum Gasteiger partial charge on any atom is 0.138 e. The van der Waals surface area contributed by atoms with Crippen LogP contribution in [0.3, 0.4) is 0 Å². The fourth-order valence-electron chi connectivity index (χ4n) is 3.40. The molecule has 3 atom stereocenters. The van der Waals surface area contributed by atoms with E-state index >= 15 is 0 Å². The molecule has 21 heavy (non-hydrogen) atoms. The lowest BCUT2D eigenvalue weighted by atomic mass is 9.68. The van der Waals surface area contributed by atoms with Crippen LogP contribution in [0.5, 0.6) is 0 Å². The number of alkyl halides is 1. The lowest BCUT2D eigenvalue weighted by Gasteiger charge is -2.40. The van der Waals surface area contributed by atoms with Crippen LogP contribution in [0.25, 0.3) is 0 Å². The minimum Gasteiger partial charge on any atom is -0.250 e. The lowest BCUT2D eigenvalue weighted by molar-refractivity contribution is 0.145. The van der Waals surface area contributed by atoms with Crippen LogP contribution in [-0.4, -0.2) is 19.6 Å². The van der Waals surface area contributed by atoms with Gasteiger partial charge in [-0.25, -0.2) is 9.67 Å². The van der Waals surface area contributed by atoms with Crippen LogP contribution in [0.15, 0.2) is 6.33 Å². The van der Waals surface area contributed by atoms with Gasteiger partial charge in [-0.15, -0.1) is 0 Å². The zero-order valence-corrected chi connectivity index (χ0v) is 15.7. The van der Waals surface area contributed by atoms with E-state index in [0.29, 0.717) is 22.1 Å². The van der Waals surface area contributed by atoms with Gasteiger partial charge in [0.2, 0.25) is 0 Å². The van der Waals surface area contributed by atoms with Crippen molar-refractivity contribution in [3.63, 3.8) is 0 Å². The summed E-state index contributed by atoms with van der Waals surface area (Å²) in [6, 6.07) is 0. The second-order valence-corrected chi connectivity index (χ2v) is 9.28. The Labute approximate surface area is 138 Å². The molecule has 0 N–H and O–H groups in total. The van der Waals surface area contributed by atoms with Crippen molar-refractivity contribution in [3.05, 3.63) is 12.2 Å². The molecule has 1 aromatic rings. The highest BCUT2D eigenvalue weighted by Gasteiger charge is 2.35. The normalized spacial score (nSPS) is 27.3. The predicted molar refractivity (Wildman–Crippen MR) is 91.6 cm³/mol. The number of rotatable bonds is 4. The van der Waals surface area contributed by atoms with Gasteiger partial charge in [0.15, 0.2) is 0 Å². The maximum absolute atomic E-state index is 4.52. The summed E-state index contributed by atoms with van der Waals surface area (Å²) in [7, 11) is 0. The molecule has 3 nitrogen and oxygen atoms in total. The SMILES string of the molecule is CC(C)Cn1ncnc1CC1CC(C(C)(C)C)CCC1Br. The van der Waals surface area contributed by atoms with E-state index in [1.807, 2.05) is 0 Å². The van der Waals surface area contributed by atoms with Gasteiger partial charge in [0.25, 0.3) is 0 Å². The Morgan fingerprint density at radius 2 is 2.05 bits per heavy atom. The molecule has 0 aliphatic heterocycles. The van der Waals surface area contributed by atoms with E-state index in [1.165, 1.54) is 19.3 Å². The number of hydrogen-bond acceptors (Lipinski definition) is 2. The first kappa shape index (κ1) is 17.0. The molecule has 1 aliphatic carbocycles. The third kappa shape index (κ3) is 4.54. The Hall–Kier alpha value is -0.380. The van der Waals surface area contributed by atoms with Crippen molar-refractivity contribution in [3.8, 4) is 0 Å². The highest BCUT2D eigenvalue weighted by Crippen LogP contribution is 2.43. The van der Waals surface area contributed by atoms with Gasteiger partial charge in [-0.3, -0.25) is 0 Å². The van der Waals surface area contributed by atoms with Crippen LogP contribution in [0.2, 0.25) is 0 Å². The van der Waals surface area contributed by atoms with Crippen LogP contribution < -0.4 is 0 Å². The average Bonchev–Trinajstić information content (AvgIpc) is 2.77. The van der Waals surface area contributed by atoms with Crippen molar-refractivity contribution in [2.45, 2.75) is 71.7 Å². The van der Waals surface area contributed by atoms with Crippen molar-refractivity contribution >= 4 is 15.9 Å². The fourth-order valence-corrected chi connectivity index (χ4v) is 4.07. The van der Waals surface area contributed by atoms with Crippen molar-refractivity contribution in [2.24, 2.45) is 23.2 Å². The summed E-state index contributed by atoms with van der Waals surface area (Å²) < 4.78 is 2.10. The average molecular weight is 356 g/mol. The molecule has 1 saturated carbocycles. The Balaban J connectivity index is 2.05. The predicted octanol–water partition coefficient (Wildman–Crippen LogP) is 4.70. The molecule has 0 spiro atoms. The molecule has 0 radical (unpaired) electrons. The summed E-state index contributed by atoms with van der Waals surface area (Å²) in [5, 5.41) is 4.40. The van der Waals surface area contributed by atoms with E-state index in [2.05, 4.69) is 65.3 Å². The largest absolute Gasteiger partial charge is 0.250 e. The fraction of sp³-hybridized carbons (Fsp3) is 0.882. The van der Waals surface area contributed by atoms with Crippen LogP contribution in [-0.2, 0) is 13.0 Å². The molecule has 0 bridgehead atoms. The zero-order chi connectivity index (χ0) is 15.6. The minimum absolute atomic E-state index is 0.414. The maximum atomic E-state index is 4.52. The minimum atomic E-state index is 0.414. The molecule has 1 heterocycles. The highest BCUT2D eigenvalue weighted by molar-refractivity contribution is 9.09. The monoisotopic (exact) mass is 355 g/mol. The third-order valence-corrected chi connectivity index (χ3v) is 6.00. The quantitative estimate of drug-likeness (QED) is 0.732. The summed E-state index contributed by atoms with van der Waals surface area (Å²) >= 11 is 3.91. The number of nitrogens with zero attached hydrogens (tertiary/aromatic N) is 3. The van der Waals surface area contributed by atoms with Gasteiger partial charge in [0.05, 0.1) is 0 Å². The van der Waals surface area contributed by atoms with Crippen LogP contribution in [0, 0.1) is 23.2 Å². The second-order valence-electron chi connectivity index (χ2n) is 8.11. The molecule has 2 rings (SSSR count). The first-order chi connectivity index (χ1) is 9.77. The van der Waals surface area contributed by atoms with Crippen molar-refractivity contribution in [1.29, 1.82) is 0 Å². The number of hydrogen-bond donors (Lipinski definition) is 0. The van der Waals surface area contributed by atoms with E-state index in [4.69, 9.17) is 0 Å². The van der Waals surface area contributed by atoms with Crippen molar-refractivity contribution in [2.75, 3.05) is 0 Å². The summed E-state index contributed by atoms with van der Waals surface area (Å²) in [5.74, 6) is 3.27. The van der Waals surface area contributed by atoms with E-state index in [-0.39, 0.29) is 0 Å². The Morgan fingerprint density at radius 3 is 2.67 bits per heavy atom. The van der Waals surface area contributed by atoms with Crippen molar-refractivity contribution < 1.29 is 0 Å². The number of halogens is 1. The Kier molecular flexibility index (Phi) is 5.50. The molecular formula is C17H30BrN3. The highest BCUT2D eigenvalue weighted by atomic mass is 79.9. The van der Waals surface area contributed by atoms with Gasteiger partial charge in [-0.05, 0) is 42.4 Å². The Bertz CT molecular complexity index is 447. The molecule has 0 amide bonds. The molecule has 1 fully saturated rings. The van der Waals surface area contributed by atoms with Gasteiger partial charge in [0.1, 0.15) is 12.2 Å². The lowest BCUT2D eigenvalue weighted by Crippen LogP contribution is -2.33. The van der Waals surface area contributed by atoms with E-state index in [9.17, 15) is 0 Å². The molecular weight excluding hydrogens is 326 g/mol. The molecule has 0 aromatic carbocycles. The second kappa shape index (κ2) is 6.80. The third-order valence-electron chi connectivity index (χ3n) is 4.79. The van der Waals surface area contributed by atoms with Gasteiger partial charge < -0.3 is 0 Å². The topological polar surface area (TPSA) is 30.7 Å². The zero-order valence-electron chi connectivity index (χ0n) is 14.1.